The highest BCUT2D eigenvalue weighted by atomic mass is 14.9. The van der Waals surface area contributed by atoms with E-state index in [0.29, 0.717) is 0 Å². The van der Waals surface area contributed by atoms with Crippen molar-refractivity contribution in [2.24, 2.45) is 0 Å². The van der Waals surface area contributed by atoms with Crippen molar-refractivity contribution in [1.29, 1.82) is 0 Å². The molecule has 0 fully saturated rings. The minimum absolute atomic E-state index is 1.20. The Morgan fingerprint density at radius 3 is 1.30 bits per heavy atom. The van der Waals surface area contributed by atoms with Gasteiger partial charge in [-0.05, 0) is 37.7 Å². The largest absolute Gasteiger partial charge is 0.205 e. The van der Waals surface area contributed by atoms with E-state index in [9.17, 15) is 0 Å². The standard InChI is InChI=1S/C32H60N/c1-4-7-10-11-12-13-14-15-16-17-18-19-20-21-22-23-24-28-33-29-27-31(25-8-5-2)32(30-33)26-9-6-3/h27,29-30H,4-26,28H2,1-3H3/q+1. The van der Waals surface area contributed by atoms with E-state index in [0.717, 1.165) is 0 Å². The molecule has 1 heteroatoms. The van der Waals surface area contributed by atoms with Gasteiger partial charge in [0.2, 0.25) is 0 Å². The summed E-state index contributed by atoms with van der Waals surface area (Å²) in [7, 11) is 0. The van der Waals surface area contributed by atoms with Crippen LogP contribution >= 0.6 is 0 Å². The third-order valence-corrected chi connectivity index (χ3v) is 7.32. The van der Waals surface area contributed by atoms with Crippen molar-refractivity contribution in [3.63, 3.8) is 0 Å². The molecule has 0 bridgehead atoms. The minimum Gasteiger partial charge on any atom is -0.205 e. The molecule has 1 aromatic rings. The van der Waals surface area contributed by atoms with Crippen molar-refractivity contribution in [2.45, 2.75) is 175 Å². The van der Waals surface area contributed by atoms with Gasteiger partial charge in [0.25, 0.3) is 0 Å². The summed E-state index contributed by atoms with van der Waals surface area (Å²) in [6, 6.07) is 2.41. The molecule has 192 valence electrons. The second-order valence-corrected chi connectivity index (χ2v) is 10.6. The molecular formula is C32H60N+. The maximum Gasteiger partial charge on any atom is 0.172 e. The zero-order valence-corrected chi connectivity index (χ0v) is 23.1. The van der Waals surface area contributed by atoms with Gasteiger partial charge in [0.1, 0.15) is 6.54 Å². The van der Waals surface area contributed by atoms with Crippen LogP contribution in [0.4, 0.5) is 0 Å². The fraction of sp³-hybridized carbons (Fsp3) is 0.844. The molecule has 1 rings (SSSR count). The first-order valence-corrected chi connectivity index (χ1v) is 15.3. The summed E-state index contributed by atoms with van der Waals surface area (Å²) in [5.41, 5.74) is 3.21. The van der Waals surface area contributed by atoms with Gasteiger partial charge in [0.15, 0.2) is 12.4 Å². The first-order valence-electron chi connectivity index (χ1n) is 15.3. The highest BCUT2D eigenvalue weighted by molar-refractivity contribution is 5.21. The van der Waals surface area contributed by atoms with Crippen LogP contribution in [0.2, 0.25) is 0 Å². The van der Waals surface area contributed by atoms with Gasteiger partial charge in [-0.15, -0.1) is 0 Å². The molecule has 0 spiro atoms. The smallest absolute Gasteiger partial charge is 0.172 e. The van der Waals surface area contributed by atoms with Crippen molar-refractivity contribution >= 4 is 0 Å². The lowest BCUT2D eigenvalue weighted by molar-refractivity contribution is -0.697. The number of unbranched alkanes of at least 4 members (excludes halogenated alkanes) is 18. The van der Waals surface area contributed by atoms with Crippen LogP contribution in [0.5, 0.6) is 0 Å². The molecular weight excluding hydrogens is 398 g/mol. The van der Waals surface area contributed by atoms with Crippen LogP contribution in [0.1, 0.15) is 167 Å². The normalized spacial score (nSPS) is 11.4. The van der Waals surface area contributed by atoms with Crippen LogP contribution in [0.3, 0.4) is 0 Å². The second-order valence-electron chi connectivity index (χ2n) is 10.6. The number of nitrogens with zero attached hydrogens (tertiary/aromatic N) is 1. The van der Waals surface area contributed by atoms with Crippen molar-refractivity contribution < 1.29 is 4.57 Å². The molecule has 0 aliphatic heterocycles. The predicted octanol–water partition coefficient (Wildman–Crippen LogP) is 10.3. The third-order valence-electron chi connectivity index (χ3n) is 7.32. The molecule has 0 N–H and O–H groups in total. The lowest BCUT2D eigenvalue weighted by Gasteiger charge is -2.08. The topological polar surface area (TPSA) is 3.88 Å². The van der Waals surface area contributed by atoms with Crippen molar-refractivity contribution in [1.82, 2.24) is 0 Å². The van der Waals surface area contributed by atoms with E-state index in [1.165, 1.54) is 154 Å². The van der Waals surface area contributed by atoms with Crippen molar-refractivity contribution in [3.05, 3.63) is 29.6 Å². The fourth-order valence-electron chi connectivity index (χ4n) is 4.98. The zero-order chi connectivity index (χ0) is 23.8. The minimum atomic E-state index is 1.20. The van der Waals surface area contributed by atoms with Gasteiger partial charge < -0.3 is 0 Å². The average Bonchev–Trinajstić information content (AvgIpc) is 2.84. The second kappa shape index (κ2) is 22.9. The molecule has 1 aromatic heterocycles. The summed E-state index contributed by atoms with van der Waals surface area (Å²) in [6.45, 7) is 8.11. The van der Waals surface area contributed by atoms with E-state index < -0.39 is 0 Å². The maximum absolute atomic E-state index is 2.47. The monoisotopic (exact) mass is 458 g/mol. The van der Waals surface area contributed by atoms with E-state index in [4.69, 9.17) is 0 Å². The molecule has 0 aliphatic rings. The Bertz CT molecular complexity index is 535. The highest BCUT2D eigenvalue weighted by Crippen LogP contribution is 2.15. The quantitative estimate of drug-likeness (QED) is 0.107. The van der Waals surface area contributed by atoms with E-state index in [-0.39, 0.29) is 0 Å². The molecule has 0 radical (unpaired) electrons. The summed E-state index contributed by atoms with van der Waals surface area (Å²) in [5, 5.41) is 0. The van der Waals surface area contributed by atoms with Crippen LogP contribution < -0.4 is 4.57 Å². The van der Waals surface area contributed by atoms with Gasteiger partial charge in [-0.25, -0.2) is 4.57 Å². The SMILES string of the molecule is CCCCCCCCCCCCCCCCCCC[n+]1ccc(CCCC)c(CCCC)c1. The molecule has 0 aromatic carbocycles. The van der Waals surface area contributed by atoms with Crippen LogP contribution in [0, 0.1) is 0 Å². The van der Waals surface area contributed by atoms with Gasteiger partial charge in [-0.1, -0.05) is 130 Å². The summed E-state index contributed by atoms with van der Waals surface area (Å²) in [6.07, 6.45) is 37.1. The lowest BCUT2D eigenvalue weighted by atomic mass is 10.00. The molecule has 1 heterocycles. The summed E-state index contributed by atoms with van der Waals surface area (Å²) in [4.78, 5) is 0. The van der Waals surface area contributed by atoms with E-state index >= 15 is 0 Å². The molecule has 0 saturated heterocycles. The number of aryl methyl sites for hydroxylation is 3. The molecule has 0 amide bonds. The Morgan fingerprint density at radius 2 is 0.848 bits per heavy atom. The molecule has 1 nitrogen and oxygen atoms in total. The first-order chi connectivity index (χ1) is 16.3. The molecule has 0 aliphatic carbocycles. The van der Waals surface area contributed by atoms with Gasteiger partial charge in [0, 0.05) is 18.1 Å². The number of pyridine rings is 1. The summed E-state index contributed by atoms with van der Waals surface area (Å²) >= 11 is 0. The van der Waals surface area contributed by atoms with Gasteiger partial charge in [-0.2, -0.15) is 0 Å². The summed E-state index contributed by atoms with van der Waals surface area (Å²) < 4.78 is 2.46. The van der Waals surface area contributed by atoms with Gasteiger partial charge in [0.05, 0.1) is 0 Å². The van der Waals surface area contributed by atoms with Crippen molar-refractivity contribution in [3.8, 4) is 0 Å². The molecule has 0 atom stereocenters. The van der Waals surface area contributed by atoms with Gasteiger partial charge >= 0.3 is 0 Å². The first kappa shape index (κ1) is 30.2. The van der Waals surface area contributed by atoms with Crippen LogP contribution in [-0.2, 0) is 19.4 Å². The Kier molecular flexibility index (Phi) is 21.0. The molecule has 0 saturated carbocycles. The third kappa shape index (κ3) is 17.3. The Balaban J connectivity index is 1.98. The zero-order valence-electron chi connectivity index (χ0n) is 23.1. The number of rotatable bonds is 24. The highest BCUT2D eigenvalue weighted by Gasteiger charge is 2.09. The Labute approximate surface area is 209 Å². The number of hydrogen-bond acceptors (Lipinski definition) is 0. The number of aromatic nitrogens is 1. The van der Waals surface area contributed by atoms with Gasteiger partial charge in [-0.3, -0.25) is 0 Å². The Morgan fingerprint density at radius 1 is 0.455 bits per heavy atom. The Hall–Kier alpha value is -0.850. The fourth-order valence-corrected chi connectivity index (χ4v) is 4.98. The molecule has 33 heavy (non-hydrogen) atoms. The maximum atomic E-state index is 2.47. The predicted molar refractivity (Wildman–Crippen MR) is 148 cm³/mol. The molecule has 0 unspecified atom stereocenters. The number of hydrogen-bond donors (Lipinski definition) is 0. The summed E-state index contributed by atoms with van der Waals surface area (Å²) in [5.74, 6) is 0. The van der Waals surface area contributed by atoms with E-state index in [1.54, 1.807) is 11.1 Å². The van der Waals surface area contributed by atoms with Crippen LogP contribution in [0.25, 0.3) is 0 Å². The van der Waals surface area contributed by atoms with Crippen LogP contribution in [0.15, 0.2) is 18.5 Å². The van der Waals surface area contributed by atoms with Crippen molar-refractivity contribution in [2.75, 3.05) is 0 Å². The lowest BCUT2D eigenvalue weighted by Crippen LogP contribution is -2.33. The average molecular weight is 459 g/mol. The van der Waals surface area contributed by atoms with Crippen LogP contribution in [-0.4, -0.2) is 0 Å². The van der Waals surface area contributed by atoms with E-state index in [2.05, 4.69) is 43.8 Å². The van der Waals surface area contributed by atoms with E-state index in [1.807, 2.05) is 0 Å².